The van der Waals surface area contributed by atoms with Crippen molar-refractivity contribution in [3.05, 3.63) is 76.3 Å². The lowest BCUT2D eigenvalue weighted by atomic mass is 9.94. The third kappa shape index (κ3) is 4.75. The van der Waals surface area contributed by atoms with E-state index in [2.05, 4.69) is 0 Å². The number of carbonyl (C=O) groups is 1. The Kier molecular flexibility index (Phi) is 6.01. The van der Waals surface area contributed by atoms with Gasteiger partial charge in [-0.25, -0.2) is 4.79 Å². The third-order valence-electron chi connectivity index (χ3n) is 5.00. The van der Waals surface area contributed by atoms with Crippen molar-refractivity contribution in [3.8, 4) is 28.7 Å². The smallest absolute Gasteiger partial charge is 0.339 e. The van der Waals surface area contributed by atoms with E-state index in [1.165, 1.54) is 36.4 Å². The van der Waals surface area contributed by atoms with Gasteiger partial charge in [-0.05, 0) is 84.3 Å². The van der Waals surface area contributed by atoms with E-state index in [1.807, 2.05) is 0 Å². The lowest BCUT2D eigenvalue weighted by Gasteiger charge is -2.13. The summed E-state index contributed by atoms with van der Waals surface area (Å²) in [6, 6.07) is 11.9. The lowest BCUT2D eigenvalue weighted by molar-refractivity contribution is 0.0693. The number of aromatic carboxylic acids is 1. The minimum absolute atomic E-state index is 0.168. The van der Waals surface area contributed by atoms with Crippen molar-refractivity contribution in [2.75, 3.05) is 0 Å². The average molecular weight is 410 g/mol. The Bertz CT molecular complexity index is 1090. The summed E-state index contributed by atoms with van der Waals surface area (Å²) in [5.74, 6) is -2.37. The number of hydrogen-bond acceptors (Lipinski definition) is 6. The van der Waals surface area contributed by atoms with Crippen molar-refractivity contribution in [2.45, 2.75) is 25.7 Å². The first kappa shape index (κ1) is 20.9. The first-order valence-electron chi connectivity index (χ1n) is 9.34. The average Bonchev–Trinajstić information content (AvgIpc) is 2.69. The largest absolute Gasteiger partial charge is 0.507 e. The predicted molar refractivity (Wildman–Crippen MR) is 109 cm³/mol. The Hall–Kier alpha value is -3.87. The zero-order chi connectivity index (χ0) is 21.8. The molecular formula is C23H22O7. The summed E-state index contributed by atoms with van der Waals surface area (Å²) in [4.78, 5) is 11.0. The number of aromatic hydroxyl groups is 5. The van der Waals surface area contributed by atoms with Crippen molar-refractivity contribution < 1.29 is 35.4 Å². The number of carboxylic acid groups (broad SMARTS) is 1. The van der Waals surface area contributed by atoms with Gasteiger partial charge in [-0.15, -0.1) is 0 Å². The normalized spacial score (nSPS) is 10.8. The molecule has 3 aromatic carbocycles. The summed E-state index contributed by atoms with van der Waals surface area (Å²) in [6.07, 6.45) is 2.05. The molecule has 3 aromatic rings. The molecule has 0 heterocycles. The minimum Gasteiger partial charge on any atom is -0.507 e. The van der Waals surface area contributed by atoms with E-state index in [1.54, 1.807) is 12.1 Å². The number of phenols is 5. The van der Waals surface area contributed by atoms with E-state index in [-0.39, 0.29) is 34.3 Å². The number of phenolic OH excluding ortho intramolecular Hbond substituents is 4. The minimum atomic E-state index is -1.20. The quantitative estimate of drug-likeness (QED) is 0.328. The second kappa shape index (κ2) is 8.65. The standard InChI is InChI=1S/C23H22O7/c24-18-8-4-14(10-20(18)26)2-6-16-12-22(28)21(27)11-15(16)5-1-13-3-7-17(23(29)30)19(25)9-13/h3-4,7-12,24-28H,1-2,5-6H2,(H,29,30). The van der Waals surface area contributed by atoms with Gasteiger partial charge in [0.05, 0.1) is 0 Å². The molecule has 0 amide bonds. The summed E-state index contributed by atoms with van der Waals surface area (Å²) in [5, 5.41) is 57.7. The van der Waals surface area contributed by atoms with Crippen molar-refractivity contribution in [1.29, 1.82) is 0 Å². The van der Waals surface area contributed by atoms with Gasteiger partial charge < -0.3 is 30.6 Å². The molecule has 0 aliphatic heterocycles. The van der Waals surface area contributed by atoms with Gasteiger partial charge in [-0.3, -0.25) is 0 Å². The highest BCUT2D eigenvalue weighted by Gasteiger charge is 2.12. The second-order valence-electron chi connectivity index (χ2n) is 7.09. The van der Waals surface area contributed by atoms with E-state index < -0.39 is 5.97 Å². The van der Waals surface area contributed by atoms with E-state index in [0.717, 1.165) is 22.3 Å². The van der Waals surface area contributed by atoms with Crippen LogP contribution in [-0.2, 0) is 25.7 Å². The molecule has 156 valence electrons. The Labute approximate surface area is 172 Å². The Balaban J connectivity index is 1.77. The molecule has 0 saturated carbocycles. The van der Waals surface area contributed by atoms with Gasteiger partial charge in [0.1, 0.15) is 11.3 Å². The highest BCUT2D eigenvalue weighted by atomic mass is 16.4. The van der Waals surface area contributed by atoms with Gasteiger partial charge in [0.2, 0.25) is 0 Å². The van der Waals surface area contributed by atoms with Gasteiger partial charge in [0.15, 0.2) is 23.0 Å². The number of benzene rings is 3. The molecule has 0 radical (unpaired) electrons. The van der Waals surface area contributed by atoms with Crippen molar-refractivity contribution >= 4 is 5.97 Å². The maximum Gasteiger partial charge on any atom is 0.339 e. The van der Waals surface area contributed by atoms with Crippen LogP contribution in [-0.4, -0.2) is 36.6 Å². The second-order valence-corrected chi connectivity index (χ2v) is 7.09. The number of aryl methyl sites for hydroxylation is 4. The maximum atomic E-state index is 11.0. The highest BCUT2D eigenvalue weighted by Crippen LogP contribution is 2.31. The molecule has 0 saturated heterocycles. The Morgan fingerprint density at radius 2 is 1.03 bits per heavy atom. The molecule has 7 nitrogen and oxygen atoms in total. The SMILES string of the molecule is O=C(O)c1ccc(CCc2cc(O)c(O)cc2CCc2ccc(O)c(O)c2)cc1O. The van der Waals surface area contributed by atoms with Gasteiger partial charge >= 0.3 is 5.97 Å². The molecule has 0 aliphatic carbocycles. The summed E-state index contributed by atoms with van der Waals surface area (Å²) < 4.78 is 0. The summed E-state index contributed by atoms with van der Waals surface area (Å²) in [7, 11) is 0. The molecule has 0 fully saturated rings. The number of carboxylic acids is 1. The fourth-order valence-electron chi connectivity index (χ4n) is 3.32. The Morgan fingerprint density at radius 3 is 1.50 bits per heavy atom. The van der Waals surface area contributed by atoms with E-state index in [4.69, 9.17) is 5.11 Å². The molecular weight excluding hydrogens is 388 g/mol. The summed E-state index contributed by atoms with van der Waals surface area (Å²) in [5.41, 5.74) is 2.98. The molecule has 0 bridgehead atoms. The van der Waals surface area contributed by atoms with Crippen LogP contribution in [0.2, 0.25) is 0 Å². The van der Waals surface area contributed by atoms with Crippen LogP contribution >= 0.6 is 0 Å². The third-order valence-corrected chi connectivity index (χ3v) is 5.00. The molecule has 0 spiro atoms. The summed E-state index contributed by atoms with van der Waals surface area (Å²) in [6.45, 7) is 0. The van der Waals surface area contributed by atoms with Crippen LogP contribution in [0.25, 0.3) is 0 Å². The van der Waals surface area contributed by atoms with Gasteiger partial charge in [-0.1, -0.05) is 12.1 Å². The molecule has 3 rings (SSSR count). The first-order chi connectivity index (χ1) is 14.2. The molecule has 0 aromatic heterocycles. The fraction of sp³-hybridized carbons (Fsp3) is 0.174. The fourth-order valence-corrected chi connectivity index (χ4v) is 3.32. The van der Waals surface area contributed by atoms with Crippen LogP contribution in [0.1, 0.15) is 32.6 Å². The van der Waals surface area contributed by atoms with Crippen molar-refractivity contribution in [1.82, 2.24) is 0 Å². The maximum absolute atomic E-state index is 11.0. The molecule has 7 heteroatoms. The van der Waals surface area contributed by atoms with E-state index >= 15 is 0 Å². The number of hydrogen-bond donors (Lipinski definition) is 6. The van der Waals surface area contributed by atoms with Crippen LogP contribution in [0.5, 0.6) is 28.7 Å². The predicted octanol–water partition coefficient (Wildman–Crippen LogP) is 3.48. The van der Waals surface area contributed by atoms with Crippen LogP contribution in [0.3, 0.4) is 0 Å². The topological polar surface area (TPSA) is 138 Å². The Morgan fingerprint density at radius 1 is 0.567 bits per heavy atom. The van der Waals surface area contributed by atoms with Crippen molar-refractivity contribution in [2.24, 2.45) is 0 Å². The van der Waals surface area contributed by atoms with Crippen molar-refractivity contribution in [3.63, 3.8) is 0 Å². The molecule has 0 aliphatic rings. The van der Waals surface area contributed by atoms with Crippen LogP contribution in [0, 0.1) is 0 Å². The first-order valence-corrected chi connectivity index (χ1v) is 9.34. The van der Waals surface area contributed by atoms with Gasteiger partial charge in [0.25, 0.3) is 0 Å². The summed E-state index contributed by atoms with van der Waals surface area (Å²) >= 11 is 0. The monoisotopic (exact) mass is 410 g/mol. The molecule has 0 unspecified atom stereocenters. The lowest BCUT2D eigenvalue weighted by Crippen LogP contribution is -2.01. The molecule has 6 N–H and O–H groups in total. The highest BCUT2D eigenvalue weighted by molar-refractivity contribution is 5.90. The zero-order valence-electron chi connectivity index (χ0n) is 16.0. The van der Waals surface area contributed by atoms with Crippen LogP contribution < -0.4 is 0 Å². The van der Waals surface area contributed by atoms with Gasteiger partial charge in [0, 0.05) is 0 Å². The molecule has 30 heavy (non-hydrogen) atoms. The zero-order valence-corrected chi connectivity index (χ0v) is 16.0. The number of rotatable bonds is 7. The van der Waals surface area contributed by atoms with E-state index in [0.29, 0.717) is 25.7 Å². The van der Waals surface area contributed by atoms with Crippen LogP contribution in [0.15, 0.2) is 48.5 Å². The van der Waals surface area contributed by atoms with Crippen LogP contribution in [0.4, 0.5) is 0 Å². The van der Waals surface area contributed by atoms with Gasteiger partial charge in [-0.2, -0.15) is 0 Å². The molecule has 0 atom stereocenters. The van der Waals surface area contributed by atoms with E-state index in [9.17, 15) is 30.3 Å².